The van der Waals surface area contributed by atoms with E-state index < -0.39 is 0 Å². The van der Waals surface area contributed by atoms with Crippen molar-refractivity contribution in [2.24, 2.45) is 0 Å². The Morgan fingerprint density at radius 3 is 3.00 bits per heavy atom. The molecule has 0 spiro atoms. The standard InChI is InChI=1S/C13H16FN/c1-3-10-7-9(2)11-5-4-6-12(14)13(11)15-8-10/h4-7,9,15H,3,8H2,1-2H3. The molecule has 1 aliphatic rings. The van der Waals surface area contributed by atoms with Gasteiger partial charge in [-0.1, -0.05) is 37.6 Å². The van der Waals surface area contributed by atoms with Crippen LogP contribution in [0.5, 0.6) is 0 Å². The van der Waals surface area contributed by atoms with Crippen molar-refractivity contribution in [2.75, 3.05) is 11.9 Å². The van der Waals surface area contributed by atoms with Gasteiger partial charge in [0.05, 0.1) is 5.69 Å². The van der Waals surface area contributed by atoms with Crippen LogP contribution in [0.25, 0.3) is 0 Å². The molecule has 0 amide bonds. The number of para-hydroxylation sites is 1. The average molecular weight is 205 g/mol. The minimum Gasteiger partial charge on any atom is -0.379 e. The molecule has 1 heterocycles. The van der Waals surface area contributed by atoms with Crippen LogP contribution < -0.4 is 5.32 Å². The Morgan fingerprint density at radius 1 is 1.47 bits per heavy atom. The molecule has 0 bridgehead atoms. The summed E-state index contributed by atoms with van der Waals surface area (Å²) >= 11 is 0. The van der Waals surface area contributed by atoms with Gasteiger partial charge in [0.2, 0.25) is 0 Å². The zero-order chi connectivity index (χ0) is 10.8. The molecule has 1 unspecified atom stereocenters. The lowest BCUT2D eigenvalue weighted by Gasteiger charge is -2.11. The van der Waals surface area contributed by atoms with Gasteiger partial charge in [-0.25, -0.2) is 4.39 Å². The van der Waals surface area contributed by atoms with Crippen molar-refractivity contribution < 1.29 is 4.39 Å². The summed E-state index contributed by atoms with van der Waals surface area (Å²) in [5.74, 6) is 0.144. The van der Waals surface area contributed by atoms with E-state index in [1.165, 1.54) is 11.6 Å². The lowest BCUT2D eigenvalue weighted by Crippen LogP contribution is -2.05. The number of hydrogen-bond acceptors (Lipinski definition) is 1. The first kappa shape index (κ1) is 10.2. The highest BCUT2D eigenvalue weighted by molar-refractivity contribution is 5.57. The molecular formula is C13H16FN. The van der Waals surface area contributed by atoms with Crippen LogP contribution >= 0.6 is 0 Å². The zero-order valence-electron chi connectivity index (χ0n) is 9.18. The molecule has 0 aliphatic carbocycles. The first-order valence-corrected chi connectivity index (χ1v) is 5.44. The molecule has 0 radical (unpaired) electrons. The molecule has 0 aromatic heterocycles. The van der Waals surface area contributed by atoms with E-state index in [1.807, 2.05) is 6.07 Å². The van der Waals surface area contributed by atoms with Gasteiger partial charge in [-0.2, -0.15) is 0 Å². The Bertz CT molecular complexity index is 396. The fourth-order valence-corrected chi connectivity index (χ4v) is 2.05. The fourth-order valence-electron chi connectivity index (χ4n) is 2.05. The van der Waals surface area contributed by atoms with E-state index in [9.17, 15) is 4.39 Å². The first-order chi connectivity index (χ1) is 7.22. The predicted octanol–water partition coefficient (Wildman–Crippen LogP) is 3.69. The highest BCUT2D eigenvalue weighted by atomic mass is 19.1. The summed E-state index contributed by atoms with van der Waals surface area (Å²) in [5.41, 5.74) is 3.07. The van der Waals surface area contributed by atoms with Gasteiger partial charge in [0.25, 0.3) is 0 Å². The molecule has 0 saturated carbocycles. The maximum absolute atomic E-state index is 13.6. The quantitative estimate of drug-likeness (QED) is 0.689. The molecule has 80 valence electrons. The number of anilines is 1. The molecule has 15 heavy (non-hydrogen) atoms. The Kier molecular flexibility index (Phi) is 2.76. The molecule has 1 aromatic carbocycles. The number of allylic oxidation sites excluding steroid dienone is 1. The van der Waals surface area contributed by atoms with Gasteiger partial charge in [0.15, 0.2) is 0 Å². The summed E-state index contributed by atoms with van der Waals surface area (Å²) in [4.78, 5) is 0. The fraction of sp³-hybridized carbons (Fsp3) is 0.385. The van der Waals surface area contributed by atoms with Crippen LogP contribution in [0.3, 0.4) is 0 Å². The summed E-state index contributed by atoms with van der Waals surface area (Å²) in [6, 6.07) is 5.28. The smallest absolute Gasteiger partial charge is 0.146 e. The molecule has 1 aromatic rings. The topological polar surface area (TPSA) is 12.0 Å². The Labute approximate surface area is 90.0 Å². The second kappa shape index (κ2) is 4.05. The molecule has 1 nitrogen and oxygen atoms in total. The molecule has 2 rings (SSSR count). The maximum atomic E-state index is 13.6. The van der Waals surface area contributed by atoms with Gasteiger partial charge in [-0.05, 0) is 18.1 Å². The minimum absolute atomic E-state index is 0.148. The third-order valence-corrected chi connectivity index (χ3v) is 2.97. The van der Waals surface area contributed by atoms with Crippen LogP contribution in [-0.2, 0) is 0 Å². The lowest BCUT2D eigenvalue weighted by molar-refractivity contribution is 0.628. The Morgan fingerprint density at radius 2 is 2.27 bits per heavy atom. The second-order valence-electron chi connectivity index (χ2n) is 4.02. The predicted molar refractivity (Wildman–Crippen MR) is 61.7 cm³/mol. The number of halogens is 1. The van der Waals surface area contributed by atoms with E-state index in [4.69, 9.17) is 0 Å². The molecule has 0 fully saturated rings. The van der Waals surface area contributed by atoms with E-state index >= 15 is 0 Å². The van der Waals surface area contributed by atoms with Crippen molar-refractivity contribution in [1.82, 2.24) is 0 Å². The first-order valence-electron chi connectivity index (χ1n) is 5.44. The Balaban J connectivity index is 2.44. The summed E-state index contributed by atoms with van der Waals surface area (Å²) in [6.45, 7) is 5.00. The van der Waals surface area contributed by atoms with Gasteiger partial charge >= 0.3 is 0 Å². The van der Waals surface area contributed by atoms with Crippen LogP contribution in [0.4, 0.5) is 10.1 Å². The summed E-state index contributed by atoms with van der Waals surface area (Å²) in [7, 11) is 0. The van der Waals surface area contributed by atoms with E-state index in [-0.39, 0.29) is 5.82 Å². The van der Waals surface area contributed by atoms with Crippen molar-refractivity contribution in [3.63, 3.8) is 0 Å². The lowest BCUT2D eigenvalue weighted by atomic mass is 9.97. The number of benzene rings is 1. The molecule has 2 heteroatoms. The average Bonchev–Trinajstić information content (AvgIpc) is 2.40. The van der Waals surface area contributed by atoms with Crippen LogP contribution in [0.2, 0.25) is 0 Å². The summed E-state index contributed by atoms with van der Waals surface area (Å²) in [6.07, 6.45) is 3.26. The van der Waals surface area contributed by atoms with Crippen molar-refractivity contribution in [3.8, 4) is 0 Å². The normalized spacial score (nSPS) is 19.9. The SMILES string of the molecule is CCC1=CC(C)c2cccc(F)c2NC1. The van der Waals surface area contributed by atoms with Gasteiger partial charge < -0.3 is 5.32 Å². The van der Waals surface area contributed by atoms with Crippen molar-refractivity contribution in [3.05, 3.63) is 41.2 Å². The van der Waals surface area contributed by atoms with Gasteiger partial charge in [-0.15, -0.1) is 0 Å². The summed E-state index contributed by atoms with van der Waals surface area (Å²) < 4.78 is 13.6. The van der Waals surface area contributed by atoms with Crippen LogP contribution in [-0.4, -0.2) is 6.54 Å². The van der Waals surface area contributed by atoms with E-state index in [0.29, 0.717) is 11.6 Å². The monoisotopic (exact) mass is 205 g/mol. The third-order valence-electron chi connectivity index (χ3n) is 2.97. The minimum atomic E-state index is -0.148. The highest BCUT2D eigenvalue weighted by Crippen LogP contribution is 2.31. The van der Waals surface area contributed by atoms with E-state index in [1.54, 1.807) is 6.07 Å². The highest BCUT2D eigenvalue weighted by Gasteiger charge is 2.16. The van der Waals surface area contributed by atoms with E-state index in [0.717, 1.165) is 18.5 Å². The van der Waals surface area contributed by atoms with E-state index in [2.05, 4.69) is 25.2 Å². The zero-order valence-corrected chi connectivity index (χ0v) is 9.18. The maximum Gasteiger partial charge on any atom is 0.146 e. The van der Waals surface area contributed by atoms with Crippen molar-refractivity contribution in [2.45, 2.75) is 26.2 Å². The van der Waals surface area contributed by atoms with Crippen molar-refractivity contribution in [1.29, 1.82) is 0 Å². The Hall–Kier alpha value is -1.31. The number of fused-ring (bicyclic) bond motifs is 1. The van der Waals surface area contributed by atoms with Crippen LogP contribution in [0.1, 0.15) is 31.7 Å². The summed E-state index contributed by atoms with van der Waals surface area (Å²) in [5, 5.41) is 3.18. The number of hydrogen-bond donors (Lipinski definition) is 1. The molecular weight excluding hydrogens is 189 g/mol. The number of rotatable bonds is 1. The van der Waals surface area contributed by atoms with Gasteiger partial charge in [-0.3, -0.25) is 0 Å². The second-order valence-corrected chi connectivity index (χ2v) is 4.02. The van der Waals surface area contributed by atoms with Crippen LogP contribution in [0, 0.1) is 5.82 Å². The van der Waals surface area contributed by atoms with Crippen molar-refractivity contribution >= 4 is 5.69 Å². The molecule has 1 N–H and O–H groups in total. The third kappa shape index (κ3) is 1.89. The van der Waals surface area contributed by atoms with Gasteiger partial charge in [0, 0.05) is 12.5 Å². The van der Waals surface area contributed by atoms with Crippen LogP contribution in [0.15, 0.2) is 29.8 Å². The molecule has 1 aliphatic heterocycles. The van der Waals surface area contributed by atoms with Gasteiger partial charge in [0.1, 0.15) is 5.82 Å². The largest absolute Gasteiger partial charge is 0.379 e. The molecule has 0 saturated heterocycles. The number of nitrogens with one attached hydrogen (secondary N) is 1. The molecule has 1 atom stereocenters.